The van der Waals surface area contributed by atoms with Crippen LogP contribution in [0.5, 0.6) is 11.5 Å². The molecule has 0 N–H and O–H groups in total. The highest BCUT2D eigenvalue weighted by Gasteiger charge is 2.29. The molecule has 3 aromatic heterocycles. The molecule has 0 spiro atoms. The summed E-state index contributed by atoms with van der Waals surface area (Å²) in [6.45, 7) is 40.3. The molecule has 9 aromatic carbocycles. The van der Waals surface area contributed by atoms with Crippen LogP contribution in [-0.2, 0) is 32.5 Å². The second-order valence-corrected chi connectivity index (χ2v) is 30.6. The normalized spacial score (nSPS) is 13.6. The van der Waals surface area contributed by atoms with Gasteiger partial charge in [0.05, 0.1) is 40.3 Å². The average molecular weight is 1170 g/mol. The molecule has 450 valence electrons. The van der Waals surface area contributed by atoms with Gasteiger partial charge in [0.2, 0.25) is 0 Å². The summed E-state index contributed by atoms with van der Waals surface area (Å²) in [7, 11) is 0. The summed E-state index contributed by atoms with van der Waals surface area (Å²) in [6, 6.07) is 59.0. The minimum absolute atomic E-state index is 0.0300. The molecule has 0 atom stereocenters. The first-order valence-corrected chi connectivity index (χ1v) is 31.4. The zero-order valence-electron chi connectivity index (χ0n) is 60.4. The van der Waals surface area contributed by atoms with E-state index in [4.69, 9.17) is 13.8 Å². The van der Waals surface area contributed by atoms with Crippen molar-refractivity contribution in [2.75, 3.05) is 0 Å². The van der Waals surface area contributed by atoms with Crippen LogP contribution in [0.4, 0.5) is 0 Å². The first kappa shape index (κ1) is 54.4. The van der Waals surface area contributed by atoms with Crippen molar-refractivity contribution < 1.29 is 16.2 Å². The molecule has 0 radical (unpaired) electrons. The van der Waals surface area contributed by atoms with Crippen LogP contribution >= 0.6 is 0 Å². The van der Waals surface area contributed by atoms with Crippen LogP contribution in [0.3, 0.4) is 0 Å². The van der Waals surface area contributed by atoms with E-state index in [1.54, 1.807) is 0 Å². The Hall–Kier alpha value is -8.80. The molecular weight excluding hydrogens is 1080 g/mol. The molecule has 0 saturated carbocycles. The fraction of sp³-hybridized carbons (Fsp3) is 0.286. The number of rotatable bonds is 9. The summed E-state index contributed by atoms with van der Waals surface area (Å²) in [5.74, 6) is 2.15. The Labute approximate surface area is 536 Å². The number of hydrogen-bond acceptors (Lipinski definition) is 2. The van der Waals surface area contributed by atoms with E-state index in [-0.39, 0.29) is 62.2 Å². The fourth-order valence-electron chi connectivity index (χ4n) is 12.1. The van der Waals surface area contributed by atoms with Crippen molar-refractivity contribution in [2.24, 2.45) is 0 Å². The SMILES string of the molecule is [2H]c1c([2H])c([2H])c(-c2cc(-c3cc(C(C)(C)C)cc(C(C)(C)C)c3)c(-[n+]3[c-]n(-c4cccc(Oc5ccc6c7ccccc7n(-c7cc(C(C)(C)C)ccn7)c6c5)c4)c4cc(-c5ccc(C(C)(C)C)cc5)ccc43)c(-c3cc(C(C)(C)C)cc(C(C)(C)C)c3)c2)c([2H])c1[2H]. The number of fused-ring (bicyclic) bond motifs is 4. The van der Waals surface area contributed by atoms with Gasteiger partial charge in [-0.15, -0.1) is 0 Å². The Morgan fingerprint density at radius 1 is 0.393 bits per heavy atom. The van der Waals surface area contributed by atoms with Crippen molar-refractivity contribution in [1.82, 2.24) is 14.1 Å². The first-order valence-electron chi connectivity index (χ1n) is 33.9. The van der Waals surface area contributed by atoms with E-state index in [2.05, 4.69) is 296 Å². The molecule has 12 rings (SSSR count). The van der Waals surface area contributed by atoms with Gasteiger partial charge in [-0.2, -0.15) is 0 Å². The van der Waals surface area contributed by atoms with E-state index in [9.17, 15) is 2.74 Å². The van der Waals surface area contributed by atoms with Crippen molar-refractivity contribution in [3.05, 3.63) is 246 Å². The largest absolute Gasteiger partial charge is 0.458 e. The van der Waals surface area contributed by atoms with Gasteiger partial charge in [-0.05, 0) is 177 Å². The third kappa shape index (κ3) is 12.0. The molecule has 0 aliphatic heterocycles. The highest BCUT2D eigenvalue weighted by atomic mass is 16.5. The van der Waals surface area contributed by atoms with E-state index in [0.29, 0.717) is 17.1 Å². The molecular formula is C84H88N4O. The second kappa shape index (κ2) is 22.1. The van der Waals surface area contributed by atoms with Crippen LogP contribution in [0, 0.1) is 6.33 Å². The molecule has 0 saturated heterocycles. The lowest BCUT2D eigenvalue weighted by Crippen LogP contribution is -2.32. The number of ether oxygens (including phenoxy) is 1. The molecule has 0 amide bonds. The third-order valence-corrected chi connectivity index (χ3v) is 17.6. The molecule has 5 heteroatoms. The monoisotopic (exact) mass is 1170 g/mol. The van der Waals surface area contributed by atoms with E-state index >= 15 is 0 Å². The van der Waals surface area contributed by atoms with E-state index in [1.807, 2.05) is 24.4 Å². The molecule has 0 aliphatic carbocycles. The third-order valence-electron chi connectivity index (χ3n) is 17.6. The zero-order chi connectivity index (χ0) is 67.7. The molecule has 0 bridgehead atoms. The van der Waals surface area contributed by atoms with Gasteiger partial charge in [0, 0.05) is 23.0 Å². The Bertz CT molecular complexity index is 4790. The van der Waals surface area contributed by atoms with Gasteiger partial charge in [-0.25, -0.2) is 4.98 Å². The van der Waals surface area contributed by atoms with Gasteiger partial charge in [0.25, 0.3) is 6.33 Å². The summed E-state index contributed by atoms with van der Waals surface area (Å²) >= 11 is 0. The summed E-state index contributed by atoms with van der Waals surface area (Å²) in [5, 5.41) is 2.23. The van der Waals surface area contributed by atoms with E-state index < -0.39 is 6.04 Å². The minimum Gasteiger partial charge on any atom is -0.458 e. The average Bonchev–Trinajstić information content (AvgIpc) is 1.11. The van der Waals surface area contributed by atoms with Crippen LogP contribution < -0.4 is 9.30 Å². The van der Waals surface area contributed by atoms with Crippen molar-refractivity contribution in [1.29, 1.82) is 0 Å². The van der Waals surface area contributed by atoms with Crippen LogP contribution in [0.25, 0.3) is 94.5 Å². The van der Waals surface area contributed by atoms with Gasteiger partial charge >= 0.3 is 0 Å². The van der Waals surface area contributed by atoms with E-state index in [1.165, 1.54) is 11.1 Å². The quantitative estimate of drug-likeness (QED) is 0.107. The molecule has 89 heavy (non-hydrogen) atoms. The molecule has 12 aromatic rings. The van der Waals surface area contributed by atoms with Crippen molar-refractivity contribution >= 4 is 32.8 Å². The Kier molecular flexibility index (Phi) is 13.5. The lowest BCUT2D eigenvalue weighted by atomic mass is 9.77. The van der Waals surface area contributed by atoms with Crippen molar-refractivity contribution in [2.45, 2.75) is 157 Å². The minimum atomic E-state index is -0.437. The first-order chi connectivity index (χ1) is 43.9. The zero-order valence-corrected chi connectivity index (χ0v) is 55.4. The number of hydrogen-bond donors (Lipinski definition) is 0. The Morgan fingerprint density at radius 2 is 0.933 bits per heavy atom. The molecule has 3 heterocycles. The maximum atomic E-state index is 9.56. The van der Waals surface area contributed by atoms with Crippen LogP contribution in [-0.4, -0.2) is 14.1 Å². The van der Waals surface area contributed by atoms with E-state index in [0.717, 1.165) is 106 Å². The number of para-hydroxylation sites is 1. The second-order valence-electron chi connectivity index (χ2n) is 30.6. The van der Waals surface area contributed by atoms with Gasteiger partial charge in [0.1, 0.15) is 17.3 Å². The summed E-state index contributed by atoms with van der Waals surface area (Å²) < 4.78 is 59.5. The predicted octanol–water partition coefficient (Wildman–Crippen LogP) is 22.4. The van der Waals surface area contributed by atoms with Crippen molar-refractivity contribution in [3.8, 4) is 73.2 Å². The standard InChI is InChI=1S/C84H88N4O/c1-79(2,3)60-34-31-55(32-35-60)56-33-38-74-76(47-56)86(66-27-24-28-67(51-66)89-68-36-37-70-69-29-22-23-30-73(69)88(75(70)52-68)77-50-61(39-40-85-77)80(4,5)6)53-87(74)78-71(58-41-62(81(7,8)9)48-63(42-58)82(10,11)12)45-57(54-25-20-19-21-26-54)46-72(78)59-43-64(83(13,14)15)49-65(44-59)84(16,17)18/h19-52H,1-18H3/i19D,20D,21D,25D,26D. The molecule has 5 nitrogen and oxygen atoms in total. The van der Waals surface area contributed by atoms with Gasteiger partial charge < -0.3 is 4.74 Å². The number of pyridine rings is 1. The number of imidazole rings is 1. The van der Waals surface area contributed by atoms with Crippen LogP contribution in [0.2, 0.25) is 0 Å². The topological polar surface area (TPSA) is 35.9 Å². The highest BCUT2D eigenvalue weighted by molar-refractivity contribution is 6.09. The predicted molar refractivity (Wildman–Crippen MR) is 376 cm³/mol. The summed E-state index contributed by atoms with van der Waals surface area (Å²) in [6.07, 6.45) is 5.92. The molecule has 0 unspecified atom stereocenters. The maximum Gasteiger partial charge on any atom is 0.269 e. The summed E-state index contributed by atoms with van der Waals surface area (Å²) in [5.41, 5.74) is 17.5. The molecule has 0 aliphatic rings. The fourth-order valence-corrected chi connectivity index (χ4v) is 12.1. The lowest BCUT2D eigenvalue weighted by Gasteiger charge is -2.28. The van der Waals surface area contributed by atoms with Gasteiger partial charge in [-0.1, -0.05) is 252 Å². The Balaban J connectivity index is 1.16. The maximum absolute atomic E-state index is 9.56. The van der Waals surface area contributed by atoms with Gasteiger partial charge in [-0.3, -0.25) is 13.7 Å². The van der Waals surface area contributed by atoms with Crippen molar-refractivity contribution in [3.63, 3.8) is 0 Å². The van der Waals surface area contributed by atoms with Gasteiger partial charge in [0.15, 0.2) is 0 Å². The summed E-state index contributed by atoms with van der Waals surface area (Å²) in [4.78, 5) is 4.95. The molecule has 0 fully saturated rings. The van der Waals surface area contributed by atoms with Crippen LogP contribution in [0.15, 0.2) is 206 Å². The smallest absolute Gasteiger partial charge is 0.269 e. The number of aromatic nitrogens is 4. The number of nitrogens with zero attached hydrogens (tertiary/aromatic N) is 4. The number of benzene rings is 9. The Morgan fingerprint density at radius 3 is 1.51 bits per heavy atom. The lowest BCUT2D eigenvalue weighted by molar-refractivity contribution is -0.571. The van der Waals surface area contributed by atoms with Crippen LogP contribution in [0.1, 0.15) is 165 Å². The highest BCUT2D eigenvalue weighted by Crippen LogP contribution is 2.45.